The number of ether oxygens (including phenoxy) is 1. The lowest BCUT2D eigenvalue weighted by Crippen LogP contribution is -2.47. The first-order valence-electron chi connectivity index (χ1n) is 11.0. The first-order valence-corrected chi connectivity index (χ1v) is 12.5. The second kappa shape index (κ2) is 11.3. The minimum Gasteiger partial charge on any atom is -0.497 e. The van der Waals surface area contributed by atoms with E-state index in [1.807, 2.05) is 0 Å². The molecule has 10 heteroatoms. The Labute approximate surface area is 194 Å². The fourth-order valence-corrected chi connectivity index (χ4v) is 4.95. The largest absolute Gasteiger partial charge is 0.497 e. The quantitative estimate of drug-likeness (QED) is 0.482. The number of amides is 2. The highest BCUT2D eigenvalue weighted by atomic mass is 32.2. The van der Waals surface area contributed by atoms with Gasteiger partial charge in [-0.25, -0.2) is 13.1 Å². The number of hydrogen-bond acceptors (Lipinski definition) is 6. The molecule has 1 aliphatic rings. The fourth-order valence-electron chi connectivity index (χ4n) is 3.83. The number of rotatable bonds is 10. The van der Waals surface area contributed by atoms with E-state index in [2.05, 4.69) is 15.4 Å². The number of hydrogen-bond donors (Lipinski definition) is 3. The Morgan fingerprint density at radius 3 is 2.42 bits per heavy atom. The van der Waals surface area contributed by atoms with Gasteiger partial charge in [0.2, 0.25) is 21.8 Å². The van der Waals surface area contributed by atoms with Crippen LogP contribution in [0.25, 0.3) is 0 Å². The second-order valence-corrected chi connectivity index (χ2v) is 10.0. The van der Waals surface area contributed by atoms with Crippen molar-refractivity contribution >= 4 is 21.8 Å². The summed E-state index contributed by atoms with van der Waals surface area (Å²) in [4.78, 5) is 25.0. The third-order valence-corrected chi connectivity index (χ3v) is 7.36. The highest BCUT2D eigenvalue weighted by Crippen LogP contribution is 2.29. The van der Waals surface area contributed by atoms with E-state index in [0.717, 1.165) is 12.8 Å². The molecule has 3 rings (SSSR count). The standard InChI is InChI=1S/C23H31N3O6S/c1-16(22(27)24-15-20-4-3-13-32-20)26-23(28)18-7-5-17(6-8-18)14-25-33(29,30)21-11-9-19(31-2)10-12-21/h3-4,9-13,16-18,25H,5-8,14-15H2,1-2H3,(H,24,27)(H,26,28)/t16-,17?,18?/m1/s1. The lowest BCUT2D eigenvalue weighted by molar-refractivity contribution is -0.131. The average Bonchev–Trinajstić information content (AvgIpc) is 3.35. The van der Waals surface area contributed by atoms with E-state index in [1.54, 1.807) is 31.2 Å². The maximum atomic E-state index is 12.6. The van der Waals surface area contributed by atoms with Crippen LogP contribution in [0.2, 0.25) is 0 Å². The second-order valence-electron chi connectivity index (χ2n) is 8.27. The van der Waals surface area contributed by atoms with Crippen molar-refractivity contribution in [3.63, 3.8) is 0 Å². The van der Waals surface area contributed by atoms with E-state index >= 15 is 0 Å². The van der Waals surface area contributed by atoms with Crippen LogP contribution >= 0.6 is 0 Å². The monoisotopic (exact) mass is 477 g/mol. The third-order valence-electron chi connectivity index (χ3n) is 5.92. The summed E-state index contributed by atoms with van der Waals surface area (Å²) in [5.74, 6) is 0.794. The van der Waals surface area contributed by atoms with Crippen molar-refractivity contribution in [1.82, 2.24) is 15.4 Å². The molecule has 1 atom stereocenters. The van der Waals surface area contributed by atoms with Crippen molar-refractivity contribution in [3.8, 4) is 5.75 Å². The molecule has 1 fully saturated rings. The van der Waals surface area contributed by atoms with Crippen LogP contribution in [0.5, 0.6) is 5.75 Å². The normalized spacial score (nSPS) is 19.5. The SMILES string of the molecule is COc1ccc(S(=O)(=O)NCC2CCC(C(=O)N[C@H](C)C(=O)NCc3ccco3)CC2)cc1. The number of carbonyl (C=O) groups excluding carboxylic acids is 2. The van der Waals surface area contributed by atoms with E-state index < -0.39 is 16.1 Å². The van der Waals surface area contributed by atoms with Gasteiger partial charge in [-0.3, -0.25) is 9.59 Å². The predicted octanol–water partition coefficient (Wildman–Crippen LogP) is 2.19. The Morgan fingerprint density at radius 1 is 1.12 bits per heavy atom. The molecule has 3 N–H and O–H groups in total. The Bertz CT molecular complexity index is 1010. The van der Waals surface area contributed by atoms with Gasteiger partial charge < -0.3 is 19.8 Å². The first kappa shape index (κ1) is 24.8. The van der Waals surface area contributed by atoms with Crippen LogP contribution in [-0.2, 0) is 26.2 Å². The van der Waals surface area contributed by atoms with Gasteiger partial charge >= 0.3 is 0 Å². The smallest absolute Gasteiger partial charge is 0.242 e. The number of nitrogens with one attached hydrogen (secondary N) is 3. The van der Waals surface area contributed by atoms with E-state index in [-0.39, 0.29) is 35.1 Å². The summed E-state index contributed by atoms with van der Waals surface area (Å²) in [6, 6.07) is 9.09. The van der Waals surface area contributed by atoms with Crippen molar-refractivity contribution in [2.75, 3.05) is 13.7 Å². The van der Waals surface area contributed by atoms with Crippen molar-refractivity contribution in [1.29, 1.82) is 0 Å². The topological polar surface area (TPSA) is 127 Å². The number of carbonyl (C=O) groups is 2. The summed E-state index contributed by atoms with van der Waals surface area (Å²) in [6.07, 6.45) is 4.32. The summed E-state index contributed by atoms with van der Waals surface area (Å²) in [7, 11) is -2.07. The molecule has 0 saturated heterocycles. The Morgan fingerprint density at radius 2 is 1.82 bits per heavy atom. The van der Waals surface area contributed by atoms with Crippen LogP contribution in [0.4, 0.5) is 0 Å². The first-order chi connectivity index (χ1) is 15.8. The maximum Gasteiger partial charge on any atom is 0.242 e. The van der Waals surface area contributed by atoms with Gasteiger partial charge in [-0.2, -0.15) is 0 Å². The molecule has 0 spiro atoms. The van der Waals surface area contributed by atoms with Gasteiger partial charge in [0.15, 0.2) is 0 Å². The molecule has 1 heterocycles. The van der Waals surface area contributed by atoms with Crippen LogP contribution in [-0.4, -0.2) is 39.9 Å². The highest BCUT2D eigenvalue weighted by Gasteiger charge is 2.29. The van der Waals surface area contributed by atoms with Crippen LogP contribution < -0.4 is 20.1 Å². The van der Waals surface area contributed by atoms with E-state index in [9.17, 15) is 18.0 Å². The summed E-state index contributed by atoms with van der Waals surface area (Å²) >= 11 is 0. The Kier molecular flexibility index (Phi) is 8.51. The number of methoxy groups -OCH3 is 1. The Balaban J connectivity index is 1.39. The minimum absolute atomic E-state index is 0.145. The van der Waals surface area contributed by atoms with Crippen molar-refractivity contribution < 1.29 is 27.2 Å². The molecule has 9 nitrogen and oxygen atoms in total. The highest BCUT2D eigenvalue weighted by molar-refractivity contribution is 7.89. The molecule has 2 amide bonds. The molecule has 1 aromatic heterocycles. The molecule has 180 valence electrons. The molecule has 2 aromatic rings. The zero-order valence-electron chi connectivity index (χ0n) is 18.9. The number of furan rings is 1. The van der Waals surface area contributed by atoms with E-state index in [4.69, 9.17) is 9.15 Å². The average molecular weight is 478 g/mol. The molecular weight excluding hydrogens is 446 g/mol. The fraction of sp³-hybridized carbons (Fsp3) is 0.478. The van der Waals surface area contributed by atoms with Crippen LogP contribution in [0.3, 0.4) is 0 Å². The zero-order valence-corrected chi connectivity index (χ0v) is 19.7. The van der Waals surface area contributed by atoms with Crippen molar-refractivity contribution in [2.24, 2.45) is 11.8 Å². The molecule has 0 radical (unpaired) electrons. The molecule has 0 bridgehead atoms. The minimum atomic E-state index is -3.60. The van der Waals surface area contributed by atoms with Gasteiger partial charge in [-0.1, -0.05) is 0 Å². The molecule has 1 aromatic carbocycles. The molecule has 0 unspecified atom stereocenters. The molecule has 1 aliphatic carbocycles. The van der Waals surface area contributed by atoms with Crippen LogP contribution in [0.15, 0.2) is 52.0 Å². The Hall–Kier alpha value is -2.85. The van der Waals surface area contributed by atoms with Crippen molar-refractivity contribution in [2.45, 2.75) is 50.1 Å². The summed E-state index contributed by atoms with van der Waals surface area (Å²) in [5.41, 5.74) is 0. The van der Waals surface area contributed by atoms with E-state index in [1.165, 1.54) is 25.5 Å². The van der Waals surface area contributed by atoms with E-state index in [0.29, 0.717) is 30.9 Å². The van der Waals surface area contributed by atoms with Gasteiger partial charge in [-0.05, 0) is 74.9 Å². The molecule has 0 aliphatic heterocycles. The lowest BCUT2D eigenvalue weighted by atomic mass is 9.81. The maximum absolute atomic E-state index is 12.6. The summed E-state index contributed by atoms with van der Waals surface area (Å²) in [5, 5.41) is 5.51. The van der Waals surface area contributed by atoms with Gasteiger partial charge in [0.05, 0.1) is 24.8 Å². The zero-order chi connectivity index (χ0) is 23.8. The number of benzene rings is 1. The number of sulfonamides is 1. The van der Waals surface area contributed by atoms with Gasteiger partial charge in [0, 0.05) is 12.5 Å². The van der Waals surface area contributed by atoms with Gasteiger partial charge in [0.1, 0.15) is 17.6 Å². The van der Waals surface area contributed by atoms with Gasteiger partial charge in [0.25, 0.3) is 0 Å². The van der Waals surface area contributed by atoms with Gasteiger partial charge in [-0.15, -0.1) is 0 Å². The predicted molar refractivity (Wildman–Crippen MR) is 122 cm³/mol. The molecule has 1 saturated carbocycles. The van der Waals surface area contributed by atoms with Crippen LogP contribution in [0, 0.1) is 11.8 Å². The molecular formula is C23H31N3O6S. The summed E-state index contributed by atoms with van der Waals surface area (Å²) < 4.78 is 37.9. The molecule has 33 heavy (non-hydrogen) atoms. The third kappa shape index (κ3) is 7.06. The lowest BCUT2D eigenvalue weighted by Gasteiger charge is -2.28. The van der Waals surface area contributed by atoms with Crippen LogP contribution in [0.1, 0.15) is 38.4 Å². The van der Waals surface area contributed by atoms with Crippen molar-refractivity contribution in [3.05, 3.63) is 48.4 Å². The summed E-state index contributed by atoms with van der Waals surface area (Å²) in [6.45, 7) is 2.24.